The van der Waals surface area contributed by atoms with Gasteiger partial charge in [-0.15, -0.1) is 0 Å². The molecule has 2 aromatic carbocycles. The second-order valence-electron chi connectivity index (χ2n) is 10.9. The molecule has 4 aliphatic carbocycles. The van der Waals surface area contributed by atoms with Crippen LogP contribution < -0.4 is 0 Å². The average molecular weight is 503 g/mol. The number of benzene rings is 2. The maximum Gasteiger partial charge on any atom is 0.164 e. The van der Waals surface area contributed by atoms with Gasteiger partial charge in [-0.3, -0.25) is 4.99 Å². The van der Waals surface area contributed by atoms with E-state index in [-0.39, 0.29) is 17.4 Å². The minimum absolute atomic E-state index is 0.0810. The normalized spacial score (nSPS) is 27.4. The van der Waals surface area contributed by atoms with Gasteiger partial charge in [0.05, 0.1) is 6.04 Å². The molecule has 39 heavy (non-hydrogen) atoms. The molecule has 0 spiro atoms. The summed E-state index contributed by atoms with van der Waals surface area (Å²) in [7, 11) is 0. The minimum atomic E-state index is -0.0810. The van der Waals surface area contributed by atoms with Gasteiger partial charge in [-0.1, -0.05) is 116 Å². The molecule has 0 saturated heterocycles. The summed E-state index contributed by atoms with van der Waals surface area (Å²) in [5.41, 5.74) is 8.24. The summed E-state index contributed by atoms with van der Waals surface area (Å²) < 4.78 is 0. The van der Waals surface area contributed by atoms with E-state index in [1.54, 1.807) is 0 Å². The first kappa shape index (κ1) is 22.3. The number of aliphatic imine (C=N–C) groups is 1. The molecule has 5 aliphatic rings. The Labute approximate surface area is 228 Å². The molecule has 0 radical (unpaired) electrons. The average Bonchev–Trinajstić information content (AvgIpc) is 3.00. The highest BCUT2D eigenvalue weighted by Crippen LogP contribution is 2.58. The van der Waals surface area contributed by atoms with Crippen LogP contribution >= 0.6 is 0 Å². The smallest absolute Gasteiger partial charge is 0.164 e. The fourth-order valence-corrected chi connectivity index (χ4v) is 6.79. The zero-order valence-corrected chi connectivity index (χ0v) is 21.6. The van der Waals surface area contributed by atoms with Gasteiger partial charge in [0.2, 0.25) is 0 Å². The lowest BCUT2D eigenvalue weighted by molar-refractivity contribution is 0.279. The molecule has 0 saturated carbocycles. The first-order valence-electron chi connectivity index (χ1n) is 13.5. The van der Waals surface area contributed by atoms with Gasteiger partial charge in [0.25, 0.3) is 0 Å². The van der Waals surface area contributed by atoms with Gasteiger partial charge < -0.3 is 0 Å². The Balaban J connectivity index is 1.33. The first-order valence-corrected chi connectivity index (χ1v) is 13.5. The molecule has 4 nitrogen and oxygen atoms in total. The highest BCUT2D eigenvalue weighted by Gasteiger charge is 2.50. The monoisotopic (exact) mass is 502 g/mol. The van der Waals surface area contributed by atoms with Crippen molar-refractivity contribution in [3.63, 3.8) is 0 Å². The Kier molecular flexibility index (Phi) is 4.80. The second-order valence-corrected chi connectivity index (χ2v) is 10.9. The van der Waals surface area contributed by atoms with Crippen LogP contribution in [0.1, 0.15) is 12.7 Å². The molecule has 3 aromatic rings. The molecule has 0 bridgehead atoms. The maximum atomic E-state index is 5.05. The van der Waals surface area contributed by atoms with E-state index in [1.807, 2.05) is 48.7 Å². The third-order valence-corrected chi connectivity index (χ3v) is 8.56. The predicted octanol–water partition coefficient (Wildman–Crippen LogP) is 7.15. The molecule has 2 heterocycles. The first-order chi connectivity index (χ1) is 19.2. The summed E-state index contributed by atoms with van der Waals surface area (Å²) in [6.07, 6.45) is 22.4. The van der Waals surface area contributed by atoms with Gasteiger partial charge in [-0.05, 0) is 28.4 Å². The molecule has 0 fully saturated rings. The van der Waals surface area contributed by atoms with Crippen LogP contribution in [0.2, 0.25) is 0 Å². The van der Waals surface area contributed by atoms with Crippen molar-refractivity contribution in [1.29, 1.82) is 0 Å². The van der Waals surface area contributed by atoms with Gasteiger partial charge in [-0.2, -0.15) is 0 Å². The lowest BCUT2D eigenvalue weighted by Crippen LogP contribution is -2.44. The Hall–Kier alpha value is -4.70. The Morgan fingerprint density at radius 1 is 0.692 bits per heavy atom. The lowest BCUT2D eigenvalue weighted by atomic mass is 9.53. The van der Waals surface area contributed by atoms with Gasteiger partial charge in [0, 0.05) is 40.2 Å². The number of allylic oxidation sites excluding steroid dienone is 11. The van der Waals surface area contributed by atoms with Crippen LogP contribution in [0, 0.1) is 17.3 Å². The standard InChI is InChI=1S/C35H26N4/c1-35-19-18-26-27(16-14-22-15-17-28(30(35)29(22)26)31-25(21-35)13-8-20-36-31)34-38-32(23-9-4-2-5-10-23)37-33(39-34)24-11-6-3-7-12-24/h2-21,29-31H,1H3. The van der Waals surface area contributed by atoms with Gasteiger partial charge in [0.1, 0.15) is 0 Å². The molecule has 4 unspecified atom stereocenters. The van der Waals surface area contributed by atoms with Crippen molar-refractivity contribution in [2.24, 2.45) is 22.2 Å². The minimum Gasteiger partial charge on any atom is -0.281 e. The molecule has 4 atom stereocenters. The van der Waals surface area contributed by atoms with E-state index in [1.165, 1.54) is 22.3 Å². The van der Waals surface area contributed by atoms with Gasteiger partial charge in [0.15, 0.2) is 17.5 Å². The third-order valence-electron chi connectivity index (χ3n) is 8.56. The number of rotatable bonds is 3. The number of hydrogen-bond acceptors (Lipinski definition) is 4. The van der Waals surface area contributed by atoms with E-state index in [9.17, 15) is 0 Å². The summed E-state index contributed by atoms with van der Waals surface area (Å²) in [6.45, 7) is 2.36. The van der Waals surface area contributed by atoms with Crippen molar-refractivity contribution in [2.45, 2.75) is 13.0 Å². The predicted molar refractivity (Wildman–Crippen MR) is 157 cm³/mol. The number of dihydropyridines is 1. The molecule has 1 aromatic heterocycles. The summed E-state index contributed by atoms with van der Waals surface area (Å²) in [4.78, 5) is 19.9. The SMILES string of the molecule is CC12C=CC3=C(c4nc(-c5ccccc5)nc(-c5ccccc5)n4)C=CC4=CC=C(C5N=CC=CC5=C1)C2C43. The Morgan fingerprint density at radius 2 is 1.38 bits per heavy atom. The van der Waals surface area contributed by atoms with Gasteiger partial charge >= 0.3 is 0 Å². The lowest BCUT2D eigenvalue weighted by Gasteiger charge is -2.51. The van der Waals surface area contributed by atoms with Crippen molar-refractivity contribution >= 4 is 11.8 Å². The van der Waals surface area contributed by atoms with Crippen LogP contribution in [0.3, 0.4) is 0 Å². The van der Waals surface area contributed by atoms with E-state index in [0.29, 0.717) is 23.4 Å². The largest absolute Gasteiger partial charge is 0.281 e. The fraction of sp³-hybridized carbons (Fsp3) is 0.143. The summed E-state index contributed by atoms with van der Waals surface area (Å²) in [5, 5.41) is 0. The third kappa shape index (κ3) is 3.45. The van der Waals surface area contributed by atoms with Crippen LogP contribution in [0.4, 0.5) is 0 Å². The van der Waals surface area contributed by atoms with Crippen molar-refractivity contribution in [1.82, 2.24) is 15.0 Å². The summed E-state index contributed by atoms with van der Waals surface area (Å²) in [6, 6.07) is 20.4. The molecule has 0 N–H and O–H groups in total. The van der Waals surface area contributed by atoms with Crippen LogP contribution in [0.25, 0.3) is 28.3 Å². The van der Waals surface area contributed by atoms with E-state index in [4.69, 9.17) is 19.9 Å². The van der Waals surface area contributed by atoms with Crippen LogP contribution in [-0.4, -0.2) is 27.2 Å². The molecule has 4 heteroatoms. The highest BCUT2D eigenvalue weighted by atomic mass is 15.0. The van der Waals surface area contributed by atoms with E-state index >= 15 is 0 Å². The highest BCUT2D eigenvalue weighted by molar-refractivity contribution is 5.82. The van der Waals surface area contributed by atoms with Gasteiger partial charge in [-0.25, -0.2) is 15.0 Å². The van der Waals surface area contributed by atoms with E-state index in [0.717, 1.165) is 16.7 Å². The van der Waals surface area contributed by atoms with Crippen molar-refractivity contribution in [3.8, 4) is 22.8 Å². The van der Waals surface area contributed by atoms with Crippen molar-refractivity contribution < 1.29 is 0 Å². The molecule has 0 amide bonds. The Morgan fingerprint density at radius 3 is 2.10 bits per heavy atom. The molecular weight excluding hydrogens is 476 g/mol. The number of fused-ring (bicyclic) bond motifs is 2. The number of aromatic nitrogens is 3. The summed E-state index contributed by atoms with van der Waals surface area (Å²) >= 11 is 0. The zero-order chi connectivity index (χ0) is 26.0. The molecule has 186 valence electrons. The molecule has 1 aliphatic heterocycles. The maximum absolute atomic E-state index is 5.05. The summed E-state index contributed by atoms with van der Waals surface area (Å²) in [5.74, 6) is 2.62. The van der Waals surface area contributed by atoms with Crippen LogP contribution in [0.5, 0.6) is 0 Å². The van der Waals surface area contributed by atoms with Crippen LogP contribution in [-0.2, 0) is 0 Å². The fourth-order valence-electron chi connectivity index (χ4n) is 6.79. The van der Waals surface area contributed by atoms with Crippen LogP contribution in [0.15, 0.2) is 143 Å². The van der Waals surface area contributed by atoms with Crippen molar-refractivity contribution in [3.05, 3.63) is 143 Å². The van der Waals surface area contributed by atoms with E-state index < -0.39 is 0 Å². The quantitative estimate of drug-likeness (QED) is 0.382. The molecular formula is C35H26N4. The second kappa shape index (κ2) is 8.40. The zero-order valence-electron chi connectivity index (χ0n) is 21.6. The van der Waals surface area contributed by atoms with Crippen molar-refractivity contribution in [2.75, 3.05) is 0 Å². The number of nitrogens with zero attached hydrogens (tertiary/aromatic N) is 4. The topological polar surface area (TPSA) is 51.0 Å². The number of hydrogen-bond donors (Lipinski definition) is 0. The Bertz CT molecular complexity index is 1710. The van der Waals surface area contributed by atoms with E-state index in [2.05, 4.69) is 79.8 Å². The molecule has 8 rings (SSSR count).